The monoisotopic (exact) mass is 600 g/mol. The van der Waals surface area contributed by atoms with Crippen molar-refractivity contribution >= 4 is 48.8 Å². The molecule has 0 fully saturated rings. The summed E-state index contributed by atoms with van der Waals surface area (Å²) >= 11 is 1.32. The number of ether oxygens (including phenoxy) is 1. The van der Waals surface area contributed by atoms with Crippen LogP contribution in [0.4, 0.5) is 5.13 Å². The summed E-state index contributed by atoms with van der Waals surface area (Å²) in [7, 11) is -3.98. The van der Waals surface area contributed by atoms with E-state index in [0.29, 0.717) is 11.7 Å². The van der Waals surface area contributed by atoms with Crippen LogP contribution in [0.15, 0.2) is 76.7 Å². The van der Waals surface area contributed by atoms with E-state index in [2.05, 4.69) is 10.1 Å². The Morgan fingerprint density at radius 2 is 1.69 bits per heavy atom. The summed E-state index contributed by atoms with van der Waals surface area (Å²) in [5, 5.41) is 23.9. The van der Waals surface area contributed by atoms with E-state index >= 15 is 0 Å². The third kappa shape index (κ3) is 7.17. The Balaban J connectivity index is 1.66. The fourth-order valence-corrected chi connectivity index (χ4v) is 6.44. The van der Waals surface area contributed by atoms with Gasteiger partial charge in [-0.3, -0.25) is 4.79 Å². The van der Waals surface area contributed by atoms with Crippen LogP contribution in [-0.4, -0.2) is 49.5 Å². The van der Waals surface area contributed by atoms with Gasteiger partial charge in [-0.25, -0.2) is 13.4 Å². The van der Waals surface area contributed by atoms with Crippen LogP contribution in [0.3, 0.4) is 0 Å². The number of rotatable bonds is 12. The van der Waals surface area contributed by atoms with Crippen LogP contribution in [0.2, 0.25) is 0 Å². The van der Waals surface area contributed by atoms with Gasteiger partial charge in [0.2, 0.25) is 15.2 Å². The van der Waals surface area contributed by atoms with Gasteiger partial charge < -0.3 is 4.74 Å². The lowest BCUT2D eigenvalue weighted by molar-refractivity contribution is 0.0987. The van der Waals surface area contributed by atoms with Crippen LogP contribution < -0.4 is 9.75 Å². The molecule has 1 amide bonds. The van der Waals surface area contributed by atoms with Gasteiger partial charge in [0, 0.05) is 31.5 Å². The molecule has 4 rings (SSSR count). The minimum atomic E-state index is -3.98. The van der Waals surface area contributed by atoms with E-state index in [-0.39, 0.29) is 36.4 Å². The number of aromatic nitrogens is 1. The average molecular weight is 601 g/mol. The Morgan fingerprint density at radius 3 is 2.31 bits per heavy atom. The third-order valence-corrected chi connectivity index (χ3v) is 9.01. The van der Waals surface area contributed by atoms with Crippen molar-refractivity contribution in [1.82, 2.24) is 9.29 Å². The summed E-state index contributed by atoms with van der Waals surface area (Å²) in [4.78, 5) is 18.3. The Labute approximate surface area is 248 Å². The fourth-order valence-electron chi connectivity index (χ4n) is 3.98. The zero-order valence-electron chi connectivity index (χ0n) is 23.1. The van der Waals surface area contributed by atoms with Gasteiger partial charge in [0.15, 0.2) is 0 Å². The molecule has 1 aromatic heterocycles. The predicted octanol–water partition coefficient (Wildman–Crippen LogP) is 5.50. The molecule has 0 N–H and O–H groups in total. The van der Waals surface area contributed by atoms with Crippen molar-refractivity contribution in [2.24, 2.45) is 5.10 Å². The van der Waals surface area contributed by atoms with Crippen LogP contribution in [0.1, 0.15) is 41.3 Å². The number of nitriles is 2. The smallest absolute Gasteiger partial charge is 0.280 e. The van der Waals surface area contributed by atoms with Gasteiger partial charge in [-0.05, 0) is 85.6 Å². The number of hydrogen-bond acceptors (Lipinski definition) is 9. The second-order valence-electron chi connectivity index (χ2n) is 9.08. The number of thiazole rings is 1. The Kier molecular flexibility index (Phi) is 9.99. The highest BCUT2D eigenvalue weighted by molar-refractivity contribution is 7.89. The van der Waals surface area contributed by atoms with Crippen molar-refractivity contribution in [3.8, 4) is 17.9 Å². The molecule has 42 heavy (non-hydrogen) atoms. The number of hydrazone groups is 1. The molecule has 1 heterocycles. The van der Waals surface area contributed by atoms with Crippen LogP contribution >= 0.6 is 11.3 Å². The van der Waals surface area contributed by atoms with E-state index in [1.165, 1.54) is 40.6 Å². The topological polar surface area (TPSA) is 140 Å². The molecule has 10 nitrogen and oxygen atoms in total. The number of anilines is 1. The van der Waals surface area contributed by atoms with E-state index in [9.17, 15) is 13.2 Å². The highest BCUT2D eigenvalue weighted by atomic mass is 32.2. The van der Waals surface area contributed by atoms with Gasteiger partial charge >= 0.3 is 0 Å². The van der Waals surface area contributed by atoms with Crippen molar-refractivity contribution in [2.45, 2.75) is 31.6 Å². The molecule has 0 aliphatic heterocycles. The van der Waals surface area contributed by atoms with Crippen LogP contribution in [0.5, 0.6) is 5.75 Å². The summed E-state index contributed by atoms with van der Waals surface area (Å²) in [5.41, 5.74) is 2.73. The molecule has 0 spiro atoms. The minimum absolute atomic E-state index is 0.00968. The highest BCUT2D eigenvalue weighted by Crippen LogP contribution is 2.31. The van der Waals surface area contributed by atoms with Gasteiger partial charge in [-0.2, -0.15) is 24.9 Å². The molecular weight excluding hydrogens is 573 g/mol. The number of aryl methyl sites for hydroxylation is 1. The van der Waals surface area contributed by atoms with E-state index < -0.39 is 15.9 Å². The Hall–Kier alpha value is -4.62. The van der Waals surface area contributed by atoms with Gasteiger partial charge in [0.1, 0.15) is 5.75 Å². The quantitative estimate of drug-likeness (QED) is 0.154. The number of hydrogen-bond donors (Lipinski definition) is 0. The normalized spacial score (nSPS) is 11.5. The van der Waals surface area contributed by atoms with Crippen molar-refractivity contribution in [1.29, 1.82) is 10.5 Å². The summed E-state index contributed by atoms with van der Waals surface area (Å²) in [5.74, 6) is 0.223. The first kappa shape index (κ1) is 30.3. The summed E-state index contributed by atoms with van der Waals surface area (Å²) in [6.07, 6.45) is 1.53. The average Bonchev–Trinajstić information content (AvgIpc) is 3.41. The largest absolute Gasteiger partial charge is 0.494 e. The number of benzene rings is 3. The Bertz CT molecular complexity index is 1750. The van der Waals surface area contributed by atoms with Crippen molar-refractivity contribution in [3.63, 3.8) is 0 Å². The molecule has 0 bridgehead atoms. The van der Waals surface area contributed by atoms with Gasteiger partial charge in [-0.1, -0.05) is 17.4 Å². The molecule has 0 atom stereocenters. The summed E-state index contributed by atoms with van der Waals surface area (Å²) in [6, 6.07) is 22.4. The zero-order valence-corrected chi connectivity index (χ0v) is 24.7. The van der Waals surface area contributed by atoms with Crippen molar-refractivity contribution in [3.05, 3.63) is 83.4 Å². The van der Waals surface area contributed by atoms with Gasteiger partial charge in [0.05, 0.1) is 40.1 Å². The molecule has 0 saturated carbocycles. The molecule has 0 saturated heterocycles. The molecule has 0 aliphatic carbocycles. The minimum Gasteiger partial charge on any atom is -0.494 e. The first-order chi connectivity index (χ1) is 20.3. The lowest BCUT2D eigenvalue weighted by Gasteiger charge is -2.20. The molecule has 0 unspecified atom stereocenters. The van der Waals surface area contributed by atoms with Crippen LogP contribution in [-0.2, 0) is 10.0 Å². The molecule has 12 heteroatoms. The molecule has 214 valence electrons. The number of carbonyl (C=O) groups excluding carboxylic acids is 1. The van der Waals surface area contributed by atoms with E-state index in [0.717, 1.165) is 31.4 Å². The first-order valence-corrected chi connectivity index (χ1v) is 15.3. The maximum Gasteiger partial charge on any atom is 0.280 e. The second kappa shape index (κ2) is 13.8. The molecule has 0 aliphatic rings. The van der Waals surface area contributed by atoms with Gasteiger partial charge in [0.25, 0.3) is 5.91 Å². The van der Waals surface area contributed by atoms with Crippen molar-refractivity contribution in [2.75, 3.05) is 24.7 Å². The van der Waals surface area contributed by atoms with E-state index in [1.54, 1.807) is 6.21 Å². The molecule has 4 aromatic rings. The van der Waals surface area contributed by atoms with Crippen LogP contribution in [0, 0.1) is 29.6 Å². The standard InChI is InChI=1S/C30H28N6O4S2/c1-3-40-25-11-7-23(8-12-25)21-33-36(30-34-27-15-6-22(2)20-28(27)41-30)29(37)24-9-13-26(14-10-24)42(38,39)35(18-4-16-31)19-5-17-32/h6-15,20-21H,3-5,18-19H2,1-2H3/b33-21+. The number of amides is 1. The molecule has 0 radical (unpaired) electrons. The summed E-state index contributed by atoms with van der Waals surface area (Å²) in [6.45, 7) is 4.35. The fraction of sp³-hybridized carbons (Fsp3) is 0.233. The highest BCUT2D eigenvalue weighted by Gasteiger charge is 2.26. The van der Waals surface area contributed by atoms with E-state index in [1.807, 2.05) is 68.5 Å². The molecular formula is C30H28N6O4S2. The third-order valence-electron chi connectivity index (χ3n) is 6.10. The van der Waals surface area contributed by atoms with Crippen molar-refractivity contribution < 1.29 is 17.9 Å². The maximum absolute atomic E-state index is 13.8. The number of fused-ring (bicyclic) bond motifs is 1. The van der Waals surface area contributed by atoms with Gasteiger partial charge in [-0.15, -0.1) is 0 Å². The second-order valence-corrected chi connectivity index (χ2v) is 12.0. The number of nitrogens with zero attached hydrogens (tertiary/aromatic N) is 6. The summed E-state index contributed by atoms with van der Waals surface area (Å²) < 4.78 is 33.9. The number of carbonyl (C=O) groups is 1. The maximum atomic E-state index is 13.8. The number of sulfonamides is 1. The molecule has 3 aromatic carbocycles. The predicted molar refractivity (Wildman–Crippen MR) is 162 cm³/mol. The van der Waals surface area contributed by atoms with Crippen LogP contribution in [0.25, 0.3) is 10.2 Å². The lowest BCUT2D eigenvalue weighted by Crippen LogP contribution is -2.33. The SMILES string of the molecule is CCOc1ccc(/C=N/N(C(=O)c2ccc(S(=O)(=O)N(CCC#N)CCC#N)cc2)c2nc3ccc(C)cc3s2)cc1. The Morgan fingerprint density at radius 1 is 1.02 bits per heavy atom. The van der Waals surface area contributed by atoms with E-state index in [4.69, 9.17) is 15.3 Å². The zero-order chi connectivity index (χ0) is 30.1. The lowest BCUT2D eigenvalue weighted by atomic mass is 10.2. The first-order valence-electron chi connectivity index (χ1n) is 13.1.